The van der Waals surface area contributed by atoms with E-state index in [-0.39, 0.29) is 30.5 Å². The number of phenols is 1. The Kier molecular flexibility index (Phi) is 10.8. The van der Waals surface area contributed by atoms with Gasteiger partial charge in [0.1, 0.15) is 62.2 Å². The number of fused-ring (bicyclic) bond motifs is 1. The number of halogens is 2. The largest absolute Gasteiger partial charge is 0.504 e. The number of aliphatic hydroxyl groups is 5. The molecule has 2 saturated heterocycles. The molecule has 1 aliphatic carbocycles. The van der Waals surface area contributed by atoms with Crippen LogP contribution in [0, 0.1) is 0 Å². The SMILES string of the molecule is CC(=Cc1ccc(O[C@@H]2O[C@H](C(C)=CCOc3c(Cl)cccc3Cl)[C@@H](O)[C@@H]2O)c(O)c1)C(=O)N[C@@H]1[C@H](O)[C@@H](O)[C@H]2OCO[C@H]2[C@@H]1O. The summed E-state index contributed by atoms with van der Waals surface area (Å²) in [6.45, 7) is 3.08. The lowest BCUT2D eigenvalue weighted by molar-refractivity contribution is -0.155. The number of carbonyl (C=O) groups is 1. The van der Waals surface area contributed by atoms with Crippen LogP contribution in [0.1, 0.15) is 19.4 Å². The van der Waals surface area contributed by atoms with Gasteiger partial charge in [0.2, 0.25) is 12.2 Å². The highest BCUT2D eigenvalue weighted by Crippen LogP contribution is 2.35. The molecule has 13 nitrogen and oxygen atoms in total. The number of phenolic OH excluding ortho intramolecular Hbond substituents is 1. The predicted octanol–water partition coefficient (Wildman–Crippen LogP) is 1.28. The second-order valence-corrected chi connectivity index (χ2v) is 12.1. The van der Waals surface area contributed by atoms with Crippen LogP contribution < -0.4 is 14.8 Å². The van der Waals surface area contributed by atoms with Crippen molar-refractivity contribution < 1.29 is 59.1 Å². The second kappa shape index (κ2) is 14.4. The molecule has 15 heteroatoms. The minimum atomic E-state index is -1.50. The fourth-order valence-corrected chi connectivity index (χ4v) is 6.00. The number of aromatic hydroxyl groups is 1. The smallest absolute Gasteiger partial charge is 0.247 e. The third-order valence-corrected chi connectivity index (χ3v) is 8.68. The number of benzene rings is 2. The highest BCUT2D eigenvalue weighted by Gasteiger charge is 2.53. The average Bonchev–Trinajstić information content (AvgIpc) is 3.62. The minimum Gasteiger partial charge on any atom is -0.504 e. The summed E-state index contributed by atoms with van der Waals surface area (Å²) in [7, 11) is 0. The molecule has 0 spiro atoms. The number of para-hydroxylation sites is 1. The Bertz CT molecular complexity index is 1470. The third-order valence-electron chi connectivity index (χ3n) is 8.09. The van der Waals surface area contributed by atoms with Gasteiger partial charge in [-0.05, 0) is 61.4 Å². The summed E-state index contributed by atoms with van der Waals surface area (Å²) in [4.78, 5) is 12.9. The van der Waals surface area contributed by atoms with Crippen LogP contribution in [-0.4, -0.2) is 111 Å². The summed E-state index contributed by atoms with van der Waals surface area (Å²) in [6, 6.07) is 7.98. The second-order valence-electron chi connectivity index (χ2n) is 11.2. The molecular formula is C31H35Cl2NO12. The van der Waals surface area contributed by atoms with Gasteiger partial charge < -0.3 is 59.6 Å². The molecule has 0 bridgehead atoms. The van der Waals surface area contributed by atoms with Crippen molar-refractivity contribution in [3.8, 4) is 17.2 Å². The number of nitrogens with one attached hydrogen (secondary N) is 1. The van der Waals surface area contributed by atoms with Gasteiger partial charge in [-0.2, -0.15) is 0 Å². The topological polar surface area (TPSA) is 197 Å². The fraction of sp³-hybridized carbons (Fsp3) is 0.452. The van der Waals surface area contributed by atoms with Crippen LogP contribution >= 0.6 is 23.2 Å². The number of aliphatic hydroxyl groups excluding tert-OH is 5. The van der Waals surface area contributed by atoms with Gasteiger partial charge >= 0.3 is 0 Å². The van der Waals surface area contributed by atoms with Gasteiger partial charge in [-0.3, -0.25) is 4.79 Å². The monoisotopic (exact) mass is 683 g/mol. The molecule has 0 unspecified atom stereocenters. The Morgan fingerprint density at radius 2 is 1.63 bits per heavy atom. The molecule has 1 amide bonds. The zero-order valence-electron chi connectivity index (χ0n) is 24.7. The molecule has 7 N–H and O–H groups in total. The molecular weight excluding hydrogens is 649 g/mol. The first-order chi connectivity index (χ1) is 21.9. The Balaban J connectivity index is 1.19. The van der Waals surface area contributed by atoms with Gasteiger partial charge in [0.25, 0.3) is 0 Å². The molecule has 3 aliphatic rings. The first-order valence-corrected chi connectivity index (χ1v) is 15.1. The van der Waals surface area contributed by atoms with Crippen LogP contribution in [0.3, 0.4) is 0 Å². The van der Waals surface area contributed by atoms with E-state index in [4.69, 9.17) is 46.9 Å². The van der Waals surface area contributed by atoms with E-state index in [9.17, 15) is 35.4 Å². The molecule has 250 valence electrons. The van der Waals surface area contributed by atoms with Crippen molar-refractivity contribution in [1.82, 2.24) is 5.32 Å². The number of amides is 1. The first-order valence-electron chi connectivity index (χ1n) is 14.4. The maximum Gasteiger partial charge on any atom is 0.247 e. The van der Waals surface area contributed by atoms with Crippen LogP contribution in [0.4, 0.5) is 0 Å². The van der Waals surface area contributed by atoms with Gasteiger partial charge in [-0.1, -0.05) is 35.3 Å². The summed E-state index contributed by atoms with van der Waals surface area (Å²) < 4.78 is 27.6. The molecule has 0 aromatic heterocycles. The van der Waals surface area contributed by atoms with Gasteiger partial charge in [-0.25, -0.2) is 0 Å². The van der Waals surface area contributed by atoms with Crippen LogP contribution in [0.25, 0.3) is 6.08 Å². The Labute approximate surface area is 274 Å². The molecule has 5 rings (SSSR count). The van der Waals surface area contributed by atoms with E-state index in [1.807, 2.05) is 0 Å². The van der Waals surface area contributed by atoms with Gasteiger partial charge in [0.15, 0.2) is 17.2 Å². The molecule has 10 atom stereocenters. The summed E-state index contributed by atoms with van der Waals surface area (Å²) in [5, 5.41) is 66.4. The molecule has 3 fully saturated rings. The summed E-state index contributed by atoms with van der Waals surface area (Å²) in [5.41, 5.74) is 1.11. The first kappa shape index (κ1) is 34.4. The maximum atomic E-state index is 12.9. The maximum absolute atomic E-state index is 12.9. The van der Waals surface area contributed by atoms with Gasteiger partial charge in [0.05, 0.1) is 16.1 Å². The molecule has 1 saturated carbocycles. The Morgan fingerprint density at radius 3 is 2.30 bits per heavy atom. The lowest BCUT2D eigenvalue weighted by Gasteiger charge is -2.41. The van der Waals surface area contributed by atoms with Crippen molar-refractivity contribution in [2.24, 2.45) is 0 Å². The normalized spacial score (nSPS) is 33.1. The van der Waals surface area contributed by atoms with Crippen molar-refractivity contribution in [1.29, 1.82) is 0 Å². The molecule has 2 aromatic rings. The third kappa shape index (κ3) is 7.14. The quantitative estimate of drug-likeness (QED) is 0.148. The number of ether oxygens (including phenoxy) is 5. The van der Waals surface area contributed by atoms with E-state index in [1.54, 1.807) is 31.2 Å². The minimum absolute atomic E-state index is 0.0507. The Hall–Kier alpha value is -2.95. The fourth-order valence-electron chi connectivity index (χ4n) is 5.50. The van der Waals surface area contributed by atoms with E-state index in [2.05, 4.69) is 5.32 Å². The molecule has 2 aromatic carbocycles. The summed E-state index contributed by atoms with van der Waals surface area (Å²) in [6.07, 6.45) is -7.97. The Morgan fingerprint density at radius 1 is 0.957 bits per heavy atom. The van der Waals surface area contributed by atoms with Crippen LogP contribution in [0.2, 0.25) is 10.0 Å². The van der Waals surface area contributed by atoms with E-state index >= 15 is 0 Å². The highest BCUT2D eigenvalue weighted by atomic mass is 35.5. The molecule has 2 aliphatic heterocycles. The summed E-state index contributed by atoms with van der Waals surface area (Å²) in [5.74, 6) is -0.717. The zero-order valence-corrected chi connectivity index (χ0v) is 26.2. The van der Waals surface area contributed by atoms with Crippen LogP contribution in [0.15, 0.2) is 53.6 Å². The van der Waals surface area contributed by atoms with E-state index in [0.717, 1.165) is 0 Å². The predicted molar refractivity (Wildman–Crippen MR) is 163 cm³/mol. The summed E-state index contributed by atoms with van der Waals surface area (Å²) >= 11 is 12.2. The van der Waals surface area contributed by atoms with Gasteiger partial charge in [0, 0.05) is 5.57 Å². The van der Waals surface area contributed by atoms with Gasteiger partial charge in [-0.15, -0.1) is 0 Å². The standard InChI is InChI=1S/C31H35Cl2NO12/c1-13(8-9-42-27-16(32)4-3-5-17(27)33)26-24(39)25(40)31(46-26)45-19-7-6-15(11-18(19)35)10-14(2)30(41)34-20-21(36)23(38)29-28(22(20)37)43-12-44-29/h3-8,10-11,20-26,28-29,31,35-40H,9,12H2,1-2H3,(H,34,41)/t20-,21+,22-,23-,24+,25+,26-,28+,29-,31-/m1/s1. The highest BCUT2D eigenvalue weighted by molar-refractivity contribution is 6.37. The molecule has 46 heavy (non-hydrogen) atoms. The zero-order chi connectivity index (χ0) is 33.3. The number of hydrogen-bond donors (Lipinski definition) is 7. The van der Waals surface area contributed by atoms with Crippen molar-refractivity contribution >= 4 is 35.2 Å². The van der Waals surface area contributed by atoms with Crippen LogP contribution in [0.5, 0.6) is 17.2 Å². The van der Waals surface area contributed by atoms with E-state index in [0.29, 0.717) is 26.9 Å². The van der Waals surface area contributed by atoms with Crippen LogP contribution in [-0.2, 0) is 19.0 Å². The van der Waals surface area contributed by atoms with Crippen molar-refractivity contribution in [3.05, 3.63) is 69.2 Å². The van der Waals surface area contributed by atoms with Crippen molar-refractivity contribution in [2.75, 3.05) is 13.4 Å². The van der Waals surface area contributed by atoms with Crippen molar-refractivity contribution in [2.45, 2.75) is 75.0 Å². The average molecular weight is 685 g/mol. The molecule has 0 radical (unpaired) electrons. The number of rotatable bonds is 9. The van der Waals surface area contributed by atoms with Crippen molar-refractivity contribution in [3.63, 3.8) is 0 Å². The number of carbonyl (C=O) groups excluding carboxylic acids is 1. The molecule has 2 heterocycles. The van der Waals surface area contributed by atoms with E-state index < -0.39 is 67.1 Å². The number of hydrogen-bond acceptors (Lipinski definition) is 12. The lowest BCUT2D eigenvalue weighted by atomic mass is 9.83. The van der Waals surface area contributed by atoms with E-state index in [1.165, 1.54) is 31.2 Å². The lowest BCUT2D eigenvalue weighted by Crippen LogP contribution is -2.67.